The zero-order valence-electron chi connectivity index (χ0n) is 9.94. The monoisotopic (exact) mass is 267 g/mol. The molecule has 1 amide bonds. The van der Waals surface area contributed by atoms with Crippen LogP contribution in [0.25, 0.3) is 0 Å². The second kappa shape index (κ2) is 9.20. The molecule has 4 atom stereocenters. The van der Waals surface area contributed by atoms with Gasteiger partial charge in [0.2, 0.25) is 5.91 Å². The molecule has 0 saturated carbocycles. The van der Waals surface area contributed by atoms with Gasteiger partial charge in [-0.05, 0) is 0 Å². The summed E-state index contributed by atoms with van der Waals surface area (Å²) in [6, 6.07) is 0. The molecule has 0 aromatic rings. The highest BCUT2D eigenvalue weighted by molar-refractivity contribution is 5.80. The van der Waals surface area contributed by atoms with Crippen molar-refractivity contribution in [2.24, 2.45) is 0 Å². The predicted molar refractivity (Wildman–Crippen MR) is 60.4 cm³/mol. The minimum atomic E-state index is -1.48. The van der Waals surface area contributed by atoms with Gasteiger partial charge in [0.25, 0.3) is 0 Å². The molecule has 0 saturated heterocycles. The summed E-state index contributed by atoms with van der Waals surface area (Å²) in [6.45, 7) is -1.24. The largest absolute Gasteiger partial charge is 0.394 e. The van der Waals surface area contributed by atoms with Gasteiger partial charge in [-0.1, -0.05) is 0 Å². The van der Waals surface area contributed by atoms with Crippen LogP contribution in [-0.4, -0.2) is 80.7 Å². The molecule has 0 aliphatic heterocycles. The number of nitrogens with one attached hydrogen (secondary N) is 1. The Kier molecular flexibility index (Phi) is 8.81. The Morgan fingerprint density at radius 1 is 0.889 bits per heavy atom. The van der Waals surface area contributed by atoms with Crippen LogP contribution in [0, 0.1) is 0 Å². The minimum absolute atomic E-state index is 0.105. The molecule has 0 fully saturated rings. The van der Waals surface area contributed by atoms with Gasteiger partial charge in [-0.3, -0.25) is 4.79 Å². The fourth-order valence-electron chi connectivity index (χ4n) is 1.25. The lowest BCUT2D eigenvalue weighted by molar-refractivity contribution is -0.131. The highest BCUT2D eigenvalue weighted by atomic mass is 16.3. The molecule has 0 aliphatic carbocycles. The first-order valence-corrected chi connectivity index (χ1v) is 5.62. The summed E-state index contributed by atoms with van der Waals surface area (Å²) >= 11 is 0. The van der Waals surface area contributed by atoms with Gasteiger partial charge < -0.3 is 36.0 Å². The molecule has 0 aliphatic rings. The number of amides is 1. The zero-order valence-corrected chi connectivity index (χ0v) is 9.94. The molecule has 4 unspecified atom stereocenters. The summed E-state index contributed by atoms with van der Waals surface area (Å²) < 4.78 is 0. The maximum absolute atomic E-state index is 11.3. The minimum Gasteiger partial charge on any atom is -0.394 e. The van der Waals surface area contributed by atoms with Crippen LogP contribution >= 0.6 is 0 Å². The van der Waals surface area contributed by atoms with Crippen LogP contribution in [0.3, 0.4) is 0 Å². The van der Waals surface area contributed by atoms with E-state index in [9.17, 15) is 15.0 Å². The van der Waals surface area contributed by atoms with Crippen molar-refractivity contribution in [2.45, 2.75) is 37.3 Å². The highest BCUT2D eigenvalue weighted by Gasteiger charge is 2.20. The van der Waals surface area contributed by atoms with E-state index >= 15 is 0 Å². The maximum atomic E-state index is 11.3. The van der Waals surface area contributed by atoms with E-state index in [1.807, 2.05) is 0 Å². The topological polar surface area (TPSA) is 150 Å². The molecule has 8 nitrogen and oxygen atoms in total. The number of carbonyl (C=O) groups is 1. The Morgan fingerprint density at radius 3 is 1.89 bits per heavy atom. The van der Waals surface area contributed by atoms with Crippen LogP contribution in [0.5, 0.6) is 0 Å². The van der Waals surface area contributed by atoms with Crippen molar-refractivity contribution in [3.05, 3.63) is 0 Å². The van der Waals surface area contributed by atoms with E-state index in [0.29, 0.717) is 0 Å². The Morgan fingerprint density at radius 2 is 1.39 bits per heavy atom. The van der Waals surface area contributed by atoms with Crippen LogP contribution < -0.4 is 5.32 Å². The summed E-state index contributed by atoms with van der Waals surface area (Å²) in [4.78, 5) is 11.3. The van der Waals surface area contributed by atoms with Gasteiger partial charge in [0, 0.05) is 19.4 Å². The van der Waals surface area contributed by atoms with Crippen LogP contribution in [0.2, 0.25) is 0 Å². The van der Waals surface area contributed by atoms with Gasteiger partial charge in [0.15, 0.2) is 0 Å². The van der Waals surface area contributed by atoms with Gasteiger partial charge in [-0.25, -0.2) is 0 Å². The first-order chi connectivity index (χ1) is 8.40. The van der Waals surface area contributed by atoms with Gasteiger partial charge >= 0.3 is 0 Å². The number of aliphatic hydroxyl groups is 6. The van der Waals surface area contributed by atoms with Crippen molar-refractivity contribution in [1.82, 2.24) is 5.32 Å². The Labute approximate surface area is 105 Å². The molecule has 108 valence electrons. The Bertz CT molecular complexity index is 238. The lowest BCUT2D eigenvalue weighted by Gasteiger charge is -2.17. The average molecular weight is 267 g/mol. The van der Waals surface area contributed by atoms with Crippen LogP contribution in [0.4, 0.5) is 0 Å². The SMILES string of the molecule is O=C(NCC(O)CC(O)CO)C(O)CC(O)CO. The first kappa shape index (κ1) is 17.2. The lowest BCUT2D eigenvalue weighted by atomic mass is 10.1. The molecule has 0 radical (unpaired) electrons. The smallest absolute Gasteiger partial charge is 0.249 e. The predicted octanol–water partition coefficient (Wildman–Crippen LogP) is -3.69. The third-order valence-electron chi connectivity index (χ3n) is 2.28. The number of carbonyl (C=O) groups excluding carboxylic acids is 1. The average Bonchev–Trinajstić information content (AvgIpc) is 2.35. The standard InChI is InChI=1S/C10H21NO7/c12-4-7(15)1-6(14)3-11-10(18)9(17)2-8(16)5-13/h6-9,12-17H,1-5H2,(H,11,18). The van der Waals surface area contributed by atoms with Gasteiger partial charge in [0.1, 0.15) is 6.10 Å². The molecule has 0 aromatic heterocycles. The van der Waals surface area contributed by atoms with E-state index in [1.54, 1.807) is 0 Å². The number of rotatable bonds is 9. The molecule has 8 heteroatoms. The summed E-state index contributed by atoms with van der Waals surface area (Å²) in [6.07, 6.45) is -5.21. The van der Waals surface area contributed by atoms with Gasteiger partial charge in [-0.15, -0.1) is 0 Å². The zero-order chi connectivity index (χ0) is 14.1. The molecular formula is C10H21NO7. The maximum Gasteiger partial charge on any atom is 0.249 e. The van der Waals surface area contributed by atoms with Crippen molar-refractivity contribution < 1.29 is 35.4 Å². The summed E-state index contributed by atoms with van der Waals surface area (Å²) in [5, 5.41) is 56.0. The fourth-order valence-corrected chi connectivity index (χ4v) is 1.25. The van der Waals surface area contributed by atoms with Crippen LogP contribution in [0.1, 0.15) is 12.8 Å². The van der Waals surface area contributed by atoms with Crippen molar-refractivity contribution in [2.75, 3.05) is 19.8 Å². The van der Waals surface area contributed by atoms with Crippen molar-refractivity contribution >= 4 is 5.91 Å². The number of hydrogen-bond acceptors (Lipinski definition) is 7. The summed E-state index contributed by atoms with van der Waals surface area (Å²) in [7, 11) is 0. The molecule has 0 rings (SSSR count). The van der Waals surface area contributed by atoms with Gasteiger partial charge in [-0.2, -0.15) is 0 Å². The van der Waals surface area contributed by atoms with E-state index in [0.717, 1.165) is 0 Å². The van der Waals surface area contributed by atoms with E-state index in [-0.39, 0.29) is 19.4 Å². The van der Waals surface area contributed by atoms with Crippen LogP contribution in [0.15, 0.2) is 0 Å². The van der Waals surface area contributed by atoms with E-state index in [2.05, 4.69) is 5.32 Å². The molecule has 18 heavy (non-hydrogen) atoms. The Balaban J connectivity index is 3.87. The molecule has 0 bridgehead atoms. The first-order valence-electron chi connectivity index (χ1n) is 5.62. The normalized spacial score (nSPS) is 17.9. The van der Waals surface area contributed by atoms with E-state index < -0.39 is 43.5 Å². The van der Waals surface area contributed by atoms with E-state index in [4.69, 9.17) is 20.4 Å². The van der Waals surface area contributed by atoms with Crippen molar-refractivity contribution in [3.63, 3.8) is 0 Å². The van der Waals surface area contributed by atoms with Crippen molar-refractivity contribution in [1.29, 1.82) is 0 Å². The van der Waals surface area contributed by atoms with E-state index in [1.165, 1.54) is 0 Å². The quantitative estimate of drug-likeness (QED) is 0.227. The second-order valence-electron chi connectivity index (χ2n) is 4.06. The molecule has 0 heterocycles. The second-order valence-corrected chi connectivity index (χ2v) is 4.06. The summed E-state index contributed by atoms with van der Waals surface area (Å²) in [5.41, 5.74) is 0. The van der Waals surface area contributed by atoms with Gasteiger partial charge in [0.05, 0.1) is 31.5 Å². The molecule has 7 N–H and O–H groups in total. The lowest BCUT2D eigenvalue weighted by Crippen LogP contribution is -2.41. The third kappa shape index (κ3) is 7.54. The Hall–Kier alpha value is -0.770. The number of hydrogen-bond donors (Lipinski definition) is 7. The molecule has 0 aromatic carbocycles. The van der Waals surface area contributed by atoms with Crippen molar-refractivity contribution in [3.8, 4) is 0 Å². The highest BCUT2D eigenvalue weighted by Crippen LogP contribution is 2.00. The fraction of sp³-hybridized carbons (Fsp3) is 0.900. The molecular weight excluding hydrogens is 246 g/mol. The third-order valence-corrected chi connectivity index (χ3v) is 2.28. The number of aliphatic hydroxyl groups excluding tert-OH is 6. The van der Waals surface area contributed by atoms with Crippen LogP contribution in [-0.2, 0) is 4.79 Å². The summed E-state index contributed by atoms with van der Waals surface area (Å²) in [5.74, 6) is -0.792. The molecule has 0 spiro atoms.